The fourth-order valence-corrected chi connectivity index (χ4v) is 2.39. The van der Waals surface area contributed by atoms with Crippen LogP contribution in [0.15, 0.2) is 0 Å². The van der Waals surface area contributed by atoms with Gasteiger partial charge in [-0.2, -0.15) is 0 Å². The molecule has 1 heterocycles. The maximum Gasteiger partial charge on any atom is 0.317 e. The molecule has 122 valence electrons. The fourth-order valence-electron chi connectivity index (χ4n) is 2.39. The van der Waals surface area contributed by atoms with Crippen molar-refractivity contribution in [2.45, 2.75) is 46.1 Å². The molecule has 0 saturated carbocycles. The molecule has 1 aliphatic heterocycles. The van der Waals surface area contributed by atoms with E-state index in [9.17, 15) is 14.7 Å². The molecule has 6 heteroatoms. The SMILES string of the molecule is COCC1CCCN(C(=O)NC(C)(C)C(C)(C)C(=O)O)C1. The predicted molar refractivity (Wildman–Crippen MR) is 80.2 cm³/mol. The van der Waals surface area contributed by atoms with Crippen LogP contribution in [-0.4, -0.2) is 54.4 Å². The molecule has 0 bridgehead atoms. The summed E-state index contributed by atoms with van der Waals surface area (Å²) in [5.41, 5.74) is -1.89. The van der Waals surface area contributed by atoms with Gasteiger partial charge in [0.05, 0.1) is 17.6 Å². The van der Waals surface area contributed by atoms with Gasteiger partial charge >= 0.3 is 12.0 Å². The van der Waals surface area contributed by atoms with Crippen molar-refractivity contribution < 1.29 is 19.4 Å². The molecule has 21 heavy (non-hydrogen) atoms. The summed E-state index contributed by atoms with van der Waals surface area (Å²) in [5, 5.41) is 12.2. The Morgan fingerprint density at radius 2 is 1.95 bits per heavy atom. The summed E-state index contributed by atoms with van der Waals surface area (Å²) in [5.74, 6) is -0.575. The van der Waals surface area contributed by atoms with E-state index < -0.39 is 16.9 Å². The van der Waals surface area contributed by atoms with Crippen LogP contribution in [0.5, 0.6) is 0 Å². The van der Waals surface area contributed by atoms with E-state index in [0.717, 1.165) is 12.8 Å². The third-order valence-corrected chi connectivity index (χ3v) is 4.73. The van der Waals surface area contributed by atoms with Gasteiger partial charge in [-0.1, -0.05) is 0 Å². The van der Waals surface area contributed by atoms with Gasteiger partial charge in [0.2, 0.25) is 0 Å². The molecule has 6 nitrogen and oxygen atoms in total. The van der Waals surface area contributed by atoms with Crippen LogP contribution in [0.2, 0.25) is 0 Å². The lowest BCUT2D eigenvalue weighted by atomic mass is 9.74. The molecular weight excluding hydrogens is 272 g/mol. The summed E-state index contributed by atoms with van der Waals surface area (Å²) in [6, 6.07) is -0.199. The number of nitrogens with one attached hydrogen (secondary N) is 1. The maximum atomic E-state index is 12.4. The Bertz CT molecular complexity index is 391. The highest BCUT2D eigenvalue weighted by Gasteiger charge is 2.45. The van der Waals surface area contributed by atoms with Crippen molar-refractivity contribution in [2.24, 2.45) is 11.3 Å². The van der Waals surface area contributed by atoms with Gasteiger partial charge in [0.15, 0.2) is 0 Å². The third kappa shape index (κ3) is 4.09. The summed E-state index contributed by atoms with van der Waals surface area (Å²) in [6.45, 7) is 8.75. The van der Waals surface area contributed by atoms with Crippen molar-refractivity contribution >= 4 is 12.0 Å². The Morgan fingerprint density at radius 3 is 2.48 bits per heavy atom. The molecule has 0 aromatic heterocycles. The summed E-state index contributed by atoms with van der Waals surface area (Å²) in [7, 11) is 1.66. The average Bonchev–Trinajstić information content (AvgIpc) is 2.38. The number of carbonyl (C=O) groups is 2. The first kappa shape index (κ1) is 17.8. The number of nitrogens with zero attached hydrogens (tertiary/aromatic N) is 1. The van der Waals surface area contributed by atoms with E-state index in [-0.39, 0.29) is 6.03 Å². The molecule has 0 aromatic rings. The Morgan fingerprint density at radius 1 is 1.33 bits per heavy atom. The van der Waals surface area contributed by atoms with Crippen LogP contribution in [0.3, 0.4) is 0 Å². The van der Waals surface area contributed by atoms with Gasteiger partial charge in [-0.25, -0.2) is 4.79 Å². The second kappa shape index (κ2) is 6.64. The number of carbonyl (C=O) groups excluding carboxylic acids is 1. The number of piperidine rings is 1. The maximum absolute atomic E-state index is 12.4. The molecule has 1 rings (SSSR count). The summed E-state index contributed by atoms with van der Waals surface area (Å²) >= 11 is 0. The van der Waals surface area contributed by atoms with E-state index in [1.54, 1.807) is 39.7 Å². The molecule has 1 aliphatic rings. The number of carboxylic acid groups (broad SMARTS) is 1. The first-order valence-electron chi connectivity index (χ1n) is 7.41. The highest BCUT2D eigenvalue weighted by atomic mass is 16.5. The second-order valence-corrected chi connectivity index (χ2v) is 6.89. The minimum Gasteiger partial charge on any atom is -0.481 e. The molecular formula is C15H28N2O4. The van der Waals surface area contributed by atoms with Crippen LogP contribution in [0, 0.1) is 11.3 Å². The number of likely N-dealkylation sites (tertiary alicyclic amines) is 1. The van der Waals surface area contributed by atoms with Crippen LogP contribution < -0.4 is 5.32 Å². The quantitative estimate of drug-likeness (QED) is 0.813. The molecule has 1 atom stereocenters. The Balaban J connectivity index is 2.69. The average molecular weight is 300 g/mol. The molecule has 1 fully saturated rings. The molecule has 0 aliphatic carbocycles. The number of aliphatic carboxylic acids is 1. The first-order chi connectivity index (χ1) is 9.61. The standard InChI is InChI=1S/C15H28N2O4/c1-14(2,12(18)19)15(3,4)16-13(20)17-8-6-7-11(9-17)10-21-5/h11H,6-10H2,1-5H3,(H,16,20)(H,18,19). The van der Waals surface area contributed by atoms with Gasteiger partial charge in [-0.3, -0.25) is 4.79 Å². The molecule has 0 aromatic carbocycles. The topological polar surface area (TPSA) is 78.9 Å². The number of hydrogen-bond acceptors (Lipinski definition) is 3. The van der Waals surface area contributed by atoms with Gasteiger partial charge < -0.3 is 20.1 Å². The van der Waals surface area contributed by atoms with Crippen molar-refractivity contribution in [2.75, 3.05) is 26.8 Å². The van der Waals surface area contributed by atoms with E-state index in [0.29, 0.717) is 25.6 Å². The third-order valence-electron chi connectivity index (χ3n) is 4.73. The fraction of sp³-hybridized carbons (Fsp3) is 0.867. The number of hydrogen-bond donors (Lipinski definition) is 2. The van der Waals surface area contributed by atoms with Crippen LogP contribution in [0.4, 0.5) is 4.79 Å². The summed E-state index contributed by atoms with van der Waals surface area (Å²) < 4.78 is 5.16. The van der Waals surface area contributed by atoms with Crippen LogP contribution in [0.1, 0.15) is 40.5 Å². The molecule has 2 amide bonds. The number of urea groups is 1. The van der Waals surface area contributed by atoms with Gasteiger partial charge in [-0.05, 0) is 40.5 Å². The van der Waals surface area contributed by atoms with Crippen molar-refractivity contribution in [3.05, 3.63) is 0 Å². The molecule has 0 spiro atoms. The van der Waals surface area contributed by atoms with E-state index in [1.807, 2.05) is 0 Å². The minimum absolute atomic E-state index is 0.199. The second-order valence-electron chi connectivity index (χ2n) is 6.89. The highest BCUT2D eigenvalue weighted by Crippen LogP contribution is 2.31. The molecule has 1 saturated heterocycles. The number of carboxylic acids is 1. The van der Waals surface area contributed by atoms with E-state index in [4.69, 9.17) is 4.74 Å². The van der Waals surface area contributed by atoms with Crippen LogP contribution >= 0.6 is 0 Å². The number of methoxy groups -OCH3 is 1. The molecule has 1 unspecified atom stereocenters. The monoisotopic (exact) mass is 300 g/mol. The van der Waals surface area contributed by atoms with E-state index in [1.165, 1.54) is 0 Å². The van der Waals surface area contributed by atoms with Crippen molar-refractivity contribution in [3.8, 4) is 0 Å². The molecule has 0 radical (unpaired) electrons. The van der Waals surface area contributed by atoms with Gasteiger partial charge in [0.1, 0.15) is 0 Å². The Labute approximate surface area is 126 Å². The normalized spacial score (nSPS) is 20.2. The zero-order valence-electron chi connectivity index (χ0n) is 13.7. The summed E-state index contributed by atoms with van der Waals surface area (Å²) in [4.78, 5) is 25.6. The van der Waals surface area contributed by atoms with Crippen LogP contribution in [-0.2, 0) is 9.53 Å². The van der Waals surface area contributed by atoms with E-state index in [2.05, 4.69) is 5.32 Å². The van der Waals surface area contributed by atoms with Crippen molar-refractivity contribution in [1.82, 2.24) is 10.2 Å². The highest BCUT2D eigenvalue weighted by molar-refractivity contribution is 5.79. The lowest BCUT2D eigenvalue weighted by molar-refractivity contribution is -0.150. The molecule has 2 N–H and O–H groups in total. The van der Waals surface area contributed by atoms with Crippen LogP contribution in [0.25, 0.3) is 0 Å². The zero-order chi connectivity index (χ0) is 16.3. The zero-order valence-corrected chi connectivity index (χ0v) is 13.7. The first-order valence-corrected chi connectivity index (χ1v) is 7.41. The van der Waals surface area contributed by atoms with Gasteiger partial charge in [-0.15, -0.1) is 0 Å². The lowest BCUT2D eigenvalue weighted by Crippen LogP contribution is -2.60. The van der Waals surface area contributed by atoms with Gasteiger partial charge in [0.25, 0.3) is 0 Å². The number of ether oxygens (including phenoxy) is 1. The minimum atomic E-state index is -1.05. The summed E-state index contributed by atoms with van der Waals surface area (Å²) in [6.07, 6.45) is 2.01. The lowest BCUT2D eigenvalue weighted by Gasteiger charge is -2.41. The Kier molecular flexibility index (Phi) is 5.61. The van der Waals surface area contributed by atoms with E-state index >= 15 is 0 Å². The van der Waals surface area contributed by atoms with Gasteiger partial charge in [0, 0.05) is 26.1 Å². The van der Waals surface area contributed by atoms with Crippen molar-refractivity contribution in [1.29, 1.82) is 0 Å². The Hall–Kier alpha value is -1.30. The van der Waals surface area contributed by atoms with Crippen molar-refractivity contribution in [3.63, 3.8) is 0 Å². The largest absolute Gasteiger partial charge is 0.481 e. The smallest absolute Gasteiger partial charge is 0.317 e. The predicted octanol–water partition coefficient (Wildman–Crippen LogP) is 1.94. The number of amides is 2. The number of rotatable bonds is 5.